The van der Waals surface area contributed by atoms with Crippen LogP contribution < -0.4 is 0 Å². The Morgan fingerprint density at radius 1 is 1.00 bits per heavy atom. The van der Waals surface area contributed by atoms with E-state index < -0.39 is 0 Å². The van der Waals surface area contributed by atoms with E-state index in [-0.39, 0.29) is 0 Å². The van der Waals surface area contributed by atoms with Gasteiger partial charge in [-0.1, -0.05) is 65.2 Å². The van der Waals surface area contributed by atoms with Gasteiger partial charge in [0.25, 0.3) is 0 Å². The first-order valence-electron chi connectivity index (χ1n) is 5.60. The largest absolute Gasteiger partial charge is 0.485 e. The van der Waals surface area contributed by atoms with E-state index in [1.165, 1.54) is 0 Å². The van der Waals surface area contributed by atoms with Crippen LogP contribution in [-0.2, 0) is 4.74 Å². The fraction of sp³-hybridized carbons (Fsp3) is 0.500. The lowest BCUT2D eigenvalue weighted by Gasteiger charge is -1.90. The summed E-state index contributed by atoms with van der Waals surface area (Å²) in [7, 11) is 3.29. The molecule has 2 nitrogen and oxygen atoms in total. The molecule has 0 aromatic heterocycles. The lowest BCUT2D eigenvalue weighted by molar-refractivity contribution is 0.399. The molecule has 0 aliphatic heterocycles. The zero-order valence-corrected chi connectivity index (χ0v) is 12.1. The van der Waals surface area contributed by atoms with Gasteiger partial charge in [-0.25, -0.2) is 0 Å². The highest BCUT2D eigenvalue weighted by Gasteiger charge is 1.74. The van der Waals surface area contributed by atoms with Crippen LogP contribution in [-0.4, -0.2) is 20.1 Å². The molecule has 2 heteroatoms. The van der Waals surface area contributed by atoms with Gasteiger partial charge in [-0.05, 0) is 0 Å². The van der Waals surface area contributed by atoms with Crippen LogP contribution in [0.4, 0.5) is 0 Å². The van der Waals surface area contributed by atoms with Gasteiger partial charge in [-0.15, -0.1) is 0 Å². The molecule has 0 unspecified atom stereocenters. The van der Waals surface area contributed by atoms with E-state index in [9.17, 15) is 0 Å². The summed E-state index contributed by atoms with van der Waals surface area (Å²) in [5, 5.41) is 0. The second kappa shape index (κ2) is 37.3. The van der Waals surface area contributed by atoms with E-state index in [2.05, 4.69) is 22.9 Å². The first kappa shape index (κ1) is 24.1. The highest BCUT2D eigenvalue weighted by atomic mass is 16.5. The fourth-order valence-electron chi connectivity index (χ4n) is 0.248. The Hall–Kier alpha value is -1.31. The summed E-state index contributed by atoms with van der Waals surface area (Å²) in [6, 6.07) is 0. The number of ether oxygens (including phenoxy) is 1. The fourth-order valence-corrected chi connectivity index (χ4v) is 0.248. The van der Waals surface area contributed by atoms with Crippen LogP contribution in [0.15, 0.2) is 42.5 Å². The molecule has 0 rings (SSSR count). The van der Waals surface area contributed by atoms with Crippen molar-refractivity contribution in [2.24, 2.45) is 4.99 Å². The van der Waals surface area contributed by atoms with Gasteiger partial charge >= 0.3 is 0 Å². The van der Waals surface area contributed by atoms with Gasteiger partial charge in [0, 0.05) is 14.0 Å². The minimum absolute atomic E-state index is 0.718. The number of aliphatic imine (C=N–C) groups is 1. The van der Waals surface area contributed by atoms with Gasteiger partial charge in [0.05, 0.1) is 7.11 Å². The molecule has 0 bridgehead atoms. The van der Waals surface area contributed by atoms with Crippen molar-refractivity contribution >= 4 is 5.90 Å². The first-order chi connectivity index (χ1) is 7.72. The third-order valence-corrected chi connectivity index (χ3v) is 0.994. The molecule has 0 spiro atoms. The number of hydrogen-bond donors (Lipinski definition) is 0. The van der Waals surface area contributed by atoms with E-state index in [1.807, 2.05) is 39.8 Å². The number of nitrogens with zero attached hydrogens (tertiary/aromatic N) is 1. The molecule has 0 radical (unpaired) electrons. The average molecular weight is 227 g/mol. The third kappa shape index (κ3) is 53.6. The quantitative estimate of drug-likeness (QED) is 0.382. The zero-order chi connectivity index (χ0) is 13.8. The molecule has 0 N–H and O–H groups in total. The summed E-state index contributed by atoms with van der Waals surface area (Å²) in [6.07, 6.45) is 7.07. The molecular formula is C14H29NO. The van der Waals surface area contributed by atoms with E-state index in [0.717, 1.165) is 5.90 Å². The van der Waals surface area contributed by atoms with E-state index in [1.54, 1.807) is 33.2 Å². The summed E-state index contributed by atoms with van der Waals surface area (Å²) in [6.45, 7) is 16.7. The monoisotopic (exact) mass is 227 g/mol. The predicted octanol–water partition coefficient (Wildman–Crippen LogP) is 4.65. The predicted molar refractivity (Wildman–Crippen MR) is 78.3 cm³/mol. The maximum atomic E-state index is 4.65. The van der Waals surface area contributed by atoms with Crippen LogP contribution in [0.2, 0.25) is 0 Å². The molecule has 96 valence electrons. The van der Waals surface area contributed by atoms with Crippen LogP contribution in [0.1, 0.15) is 34.6 Å². The van der Waals surface area contributed by atoms with E-state index >= 15 is 0 Å². The van der Waals surface area contributed by atoms with Crippen molar-refractivity contribution < 1.29 is 4.74 Å². The zero-order valence-electron chi connectivity index (χ0n) is 12.1. The Morgan fingerprint density at radius 2 is 1.31 bits per heavy atom. The van der Waals surface area contributed by atoms with Crippen LogP contribution in [0.25, 0.3) is 0 Å². The van der Waals surface area contributed by atoms with Gasteiger partial charge in [0.1, 0.15) is 0 Å². The summed E-state index contributed by atoms with van der Waals surface area (Å²) in [4.78, 5) is 3.70. The molecule has 0 aliphatic carbocycles. The molecule has 0 aromatic rings. The Bertz CT molecular complexity index is 160. The van der Waals surface area contributed by atoms with Crippen molar-refractivity contribution in [3.63, 3.8) is 0 Å². The molecule has 0 amide bonds. The van der Waals surface area contributed by atoms with Crippen molar-refractivity contribution in [3.8, 4) is 0 Å². The van der Waals surface area contributed by atoms with E-state index in [4.69, 9.17) is 0 Å². The second-order valence-corrected chi connectivity index (χ2v) is 1.80. The van der Waals surface area contributed by atoms with Gasteiger partial charge in [0.15, 0.2) is 5.90 Å². The van der Waals surface area contributed by atoms with Gasteiger partial charge in [0.2, 0.25) is 0 Å². The van der Waals surface area contributed by atoms with Crippen molar-refractivity contribution in [2.75, 3.05) is 14.2 Å². The van der Waals surface area contributed by atoms with Crippen molar-refractivity contribution in [2.45, 2.75) is 34.6 Å². The highest BCUT2D eigenvalue weighted by Crippen LogP contribution is 1.70. The van der Waals surface area contributed by atoms with E-state index in [0.29, 0.717) is 0 Å². The number of rotatable bonds is 2. The second-order valence-electron chi connectivity index (χ2n) is 1.80. The third-order valence-electron chi connectivity index (χ3n) is 0.994. The summed E-state index contributed by atoms with van der Waals surface area (Å²) in [5.41, 5.74) is 0. The molecule has 0 aromatic carbocycles. The van der Waals surface area contributed by atoms with Crippen LogP contribution in [0.3, 0.4) is 0 Å². The number of hydrogen-bond acceptors (Lipinski definition) is 2. The maximum absolute atomic E-state index is 4.65. The Labute approximate surface area is 102 Å². The van der Waals surface area contributed by atoms with Crippen LogP contribution in [0.5, 0.6) is 0 Å². The van der Waals surface area contributed by atoms with Crippen molar-refractivity contribution in [3.05, 3.63) is 37.5 Å². The van der Waals surface area contributed by atoms with Crippen molar-refractivity contribution in [1.82, 2.24) is 0 Å². The van der Waals surface area contributed by atoms with Gasteiger partial charge in [-0.3, -0.25) is 4.99 Å². The SMILES string of the molecule is C=C/C=C\C=C.CC.CC.CN=C(C)OC. The van der Waals surface area contributed by atoms with Crippen molar-refractivity contribution in [1.29, 1.82) is 0 Å². The Balaban J connectivity index is -0.0000000686. The smallest absolute Gasteiger partial charge is 0.179 e. The summed E-state index contributed by atoms with van der Waals surface area (Å²) in [5.74, 6) is 0.718. The van der Waals surface area contributed by atoms with Crippen LogP contribution in [0, 0.1) is 0 Å². The minimum atomic E-state index is 0.718. The molecule has 0 saturated heterocycles. The van der Waals surface area contributed by atoms with Gasteiger partial charge < -0.3 is 4.74 Å². The normalized spacial score (nSPS) is 8.31. The molecule has 0 saturated carbocycles. The molecular weight excluding hydrogens is 198 g/mol. The molecule has 0 aliphatic rings. The summed E-state index contributed by atoms with van der Waals surface area (Å²) < 4.78 is 4.65. The lowest BCUT2D eigenvalue weighted by atomic mass is 10.5. The molecule has 0 fully saturated rings. The lowest BCUT2D eigenvalue weighted by Crippen LogP contribution is -1.90. The number of methoxy groups -OCH3 is 1. The maximum Gasteiger partial charge on any atom is 0.179 e. The Kier molecular flexibility index (Phi) is 56.1. The summed E-state index contributed by atoms with van der Waals surface area (Å²) >= 11 is 0. The molecule has 0 heterocycles. The van der Waals surface area contributed by atoms with Crippen LogP contribution >= 0.6 is 0 Å². The molecule has 16 heavy (non-hydrogen) atoms. The highest BCUT2D eigenvalue weighted by molar-refractivity contribution is 5.72. The first-order valence-corrected chi connectivity index (χ1v) is 5.60. The van der Waals surface area contributed by atoms with Gasteiger partial charge in [-0.2, -0.15) is 0 Å². The standard InChI is InChI=1S/C6H8.C4H9NO.2C2H6/c1-3-5-6-4-2;1-4(5-2)6-3;2*1-2/h3-6H,1-2H2;1-3H3;2*1-2H3/b6-5-;;;. The average Bonchev–Trinajstić information content (AvgIpc) is 2.40. The minimum Gasteiger partial charge on any atom is -0.485 e. The number of allylic oxidation sites excluding steroid dienone is 4. The Morgan fingerprint density at radius 3 is 1.38 bits per heavy atom. The molecule has 0 atom stereocenters. The topological polar surface area (TPSA) is 21.6 Å².